The van der Waals surface area contributed by atoms with E-state index in [0.29, 0.717) is 12.3 Å². The van der Waals surface area contributed by atoms with Gasteiger partial charge in [0.25, 0.3) is 0 Å². The van der Waals surface area contributed by atoms with Crippen LogP contribution in [0.25, 0.3) is 0 Å². The first kappa shape index (κ1) is 11.4. The van der Waals surface area contributed by atoms with Crippen molar-refractivity contribution in [1.82, 2.24) is 4.98 Å². The van der Waals surface area contributed by atoms with E-state index in [1.54, 1.807) is 11.3 Å². The Morgan fingerprint density at radius 1 is 1.50 bits per heavy atom. The van der Waals surface area contributed by atoms with Crippen LogP contribution in [-0.4, -0.2) is 16.7 Å². The zero-order valence-electron chi connectivity index (χ0n) is 9.43. The molecule has 1 N–H and O–H groups in total. The van der Waals surface area contributed by atoms with Crippen LogP contribution in [0.2, 0.25) is 0 Å². The van der Waals surface area contributed by atoms with Gasteiger partial charge < -0.3 is 9.52 Å². The quantitative estimate of drug-likeness (QED) is 0.889. The molecule has 1 atom stereocenters. The average Bonchev–Trinajstić information content (AvgIpc) is 2.85. The monoisotopic (exact) mass is 237 g/mol. The van der Waals surface area contributed by atoms with Gasteiger partial charge in [0.2, 0.25) is 0 Å². The van der Waals surface area contributed by atoms with Crippen molar-refractivity contribution in [2.24, 2.45) is 0 Å². The Labute approximate surface area is 98.8 Å². The lowest BCUT2D eigenvalue weighted by Crippen LogP contribution is -2.03. The number of hydrogen-bond donors (Lipinski definition) is 1. The molecule has 0 radical (unpaired) electrons. The van der Waals surface area contributed by atoms with Gasteiger partial charge in [-0.3, -0.25) is 0 Å². The number of aromatic nitrogens is 1. The molecule has 0 saturated carbocycles. The Kier molecular flexibility index (Phi) is 3.41. The molecule has 0 aliphatic heterocycles. The molecule has 86 valence electrons. The maximum absolute atomic E-state index is 9.14. The summed E-state index contributed by atoms with van der Waals surface area (Å²) in [6.07, 6.45) is 0.673. The van der Waals surface area contributed by atoms with Crippen LogP contribution < -0.4 is 0 Å². The van der Waals surface area contributed by atoms with Crippen molar-refractivity contribution < 1.29 is 9.52 Å². The number of aliphatic hydroxyl groups excluding tert-OH is 1. The summed E-state index contributed by atoms with van der Waals surface area (Å²) in [5, 5.41) is 13.3. The first-order valence-electron chi connectivity index (χ1n) is 5.29. The second-order valence-electron chi connectivity index (χ2n) is 3.80. The summed E-state index contributed by atoms with van der Waals surface area (Å²) in [5.41, 5.74) is 2.11. The van der Waals surface area contributed by atoms with Crippen molar-refractivity contribution in [3.63, 3.8) is 0 Å². The maximum Gasteiger partial charge on any atom is 0.191 e. The highest BCUT2D eigenvalue weighted by Crippen LogP contribution is 2.31. The van der Waals surface area contributed by atoms with E-state index in [9.17, 15) is 0 Å². The van der Waals surface area contributed by atoms with E-state index >= 15 is 0 Å². The van der Waals surface area contributed by atoms with Crippen LogP contribution >= 0.6 is 11.3 Å². The summed E-state index contributed by atoms with van der Waals surface area (Å²) in [4.78, 5) is 4.28. The van der Waals surface area contributed by atoms with Gasteiger partial charge in [0.05, 0.1) is 5.69 Å². The molecule has 0 aliphatic rings. The molecule has 16 heavy (non-hydrogen) atoms. The van der Waals surface area contributed by atoms with E-state index in [4.69, 9.17) is 9.52 Å². The van der Waals surface area contributed by atoms with E-state index in [1.807, 2.05) is 19.2 Å². The highest BCUT2D eigenvalue weighted by Gasteiger charge is 2.21. The zero-order chi connectivity index (χ0) is 11.5. The van der Waals surface area contributed by atoms with Crippen molar-refractivity contribution in [1.29, 1.82) is 0 Å². The van der Waals surface area contributed by atoms with Gasteiger partial charge in [0.1, 0.15) is 5.76 Å². The standard InChI is InChI=1S/C12H15NO2S/c1-8-12(15-9(2)13-8)11(3-5-14)10-4-6-16-7-10/h4,6-7,11,14H,3,5H2,1-2H3. The predicted octanol–water partition coefficient (Wildman–Crippen LogP) is 2.87. The van der Waals surface area contributed by atoms with Crippen molar-refractivity contribution in [3.8, 4) is 0 Å². The minimum Gasteiger partial charge on any atom is -0.445 e. The minimum atomic E-state index is 0.123. The fraction of sp³-hybridized carbons (Fsp3) is 0.417. The van der Waals surface area contributed by atoms with Gasteiger partial charge in [-0.25, -0.2) is 4.98 Å². The highest BCUT2D eigenvalue weighted by molar-refractivity contribution is 7.08. The molecule has 4 heteroatoms. The normalized spacial score (nSPS) is 12.9. The molecule has 2 aromatic heterocycles. The lowest BCUT2D eigenvalue weighted by molar-refractivity contribution is 0.274. The third-order valence-corrected chi connectivity index (χ3v) is 3.32. The van der Waals surface area contributed by atoms with Crippen LogP contribution in [0.1, 0.15) is 35.2 Å². The van der Waals surface area contributed by atoms with E-state index in [0.717, 1.165) is 11.5 Å². The first-order chi connectivity index (χ1) is 7.72. The van der Waals surface area contributed by atoms with Crippen LogP contribution in [-0.2, 0) is 0 Å². The number of oxazole rings is 1. The third-order valence-electron chi connectivity index (χ3n) is 2.62. The SMILES string of the molecule is Cc1nc(C)c(C(CCO)c2ccsc2)o1. The number of hydrogen-bond acceptors (Lipinski definition) is 4. The van der Waals surface area contributed by atoms with Crippen molar-refractivity contribution >= 4 is 11.3 Å². The molecule has 0 aliphatic carbocycles. The summed E-state index contributed by atoms with van der Waals surface area (Å²) >= 11 is 1.66. The van der Waals surface area contributed by atoms with Crippen molar-refractivity contribution in [2.45, 2.75) is 26.2 Å². The largest absolute Gasteiger partial charge is 0.445 e. The molecule has 3 nitrogen and oxygen atoms in total. The van der Waals surface area contributed by atoms with Gasteiger partial charge in [-0.15, -0.1) is 0 Å². The number of aliphatic hydroxyl groups is 1. The van der Waals surface area contributed by atoms with E-state index in [1.165, 1.54) is 5.56 Å². The number of rotatable bonds is 4. The van der Waals surface area contributed by atoms with Crippen molar-refractivity contribution in [2.75, 3.05) is 6.61 Å². The second kappa shape index (κ2) is 4.80. The van der Waals surface area contributed by atoms with Gasteiger partial charge in [-0.1, -0.05) is 0 Å². The lowest BCUT2D eigenvalue weighted by Gasteiger charge is -2.12. The lowest BCUT2D eigenvalue weighted by atomic mass is 9.95. The molecule has 0 amide bonds. The minimum absolute atomic E-state index is 0.123. The van der Waals surface area contributed by atoms with Gasteiger partial charge >= 0.3 is 0 Å². The van der Waals surface area contributed by atoms with Crippen LogP contribution in [0.5, 0.6) is 0 Å². The van der Waals surface area contributed by atoms with Gasteiger partial charge in [-0.05, 0) is 35.7 Å². The molecule has 2 heterocycles. The van der Waals surface area contributed by atoms with Crippen LogP contribution in [0.15, 0.2) is 21.2 Å². The Morgan fingerprint density at radius 2 is 2.31 bits per heavy atom. The number of thiophene rings is 1. The number of aryl methyl sites for hydroxylation is 2. The first-order valence-corrected chi connectivity index (χ1v) is 6.23. The average molecular weight is 237 g/mol. The Balaban J connectivity index is 2.36. The maximum atomic E-state index is 9.14. The fourth-order valence-electron chi connectivity index (χ4n) is 1.92. The molecule has 2 aromatic rings. The molecular formula is C12H15NO2S. The topological polar surface area (TPSA) is 46.3 Å². The smallest absolute Gasteiger partial charge is 0.191 e. The molecule has 0 fully saturated rings. The highest BCUT2D eigenvalue weighted by atomic mass is 32.1. The predicted molar refractivity (Wildman–Crippen MR) is 63.8 cm³/mol. The molecule has 0 saturated heterocycles. The van der Waals surface area contributed by atoms with Crippen LogP contribution in [0.3, 0.4) is 0 Å². The molecule has 1 unspecified atom stereocenters. The molecule has 0 spiro atoms. The van der Waals surface area contributed by atoms with Crippen LogP contribution in [0.4, 0.5) is 0 Å². The Bertz CT molecular complexity index is 448. The Morgan fingerprint density at radius 3 is 2.81 bits per heavy atom. The van der Waals surface area contributed by atoms with Crippen molar-refractivity contribution in [3.05, 3.63) is 39.7 Å². The molecule has 2 rings (SSSR count). The van der Waals surface area contributed by atoms with E-state index < -0.39 is 0 Å². The van der Waals surface area contributed by atoms with Gasteiger partial charge in [-0.2, -0.15) is 11.3 Å². The van der Waals surface area contributed by atoms with Crippen LogP contribution in [0, 0.1) is 13.8 Å². The van der Waals surface area contributed by atoms with E-state index in [2.05, 4.69) is 16.4 Å². The summed E-state index contributed by atoms with van der Waals surface area (Å²) < 4.78 is 5.64. The third kappa shape index (κ3) is 2.18. The zero-order valence-corrected chi connectivity index (χ0v) is 10.3. The second-order valence-corrected chi connectivity index (χ2v) is 4.58. The summed E-state index contributed by atoms with van der Waals surface area (Å²) in [6.45, 7) is 3.95. The van der Waals surface area contributed by atoms with Gasteiger partial charge in [0, 0.05) is 19.4 Å². The summed E-state index contributed by atoms with van der Waals surface area (Å²) in [7, 11) is 0. The summed E-state index contributed by atoms with van der Waals surface area (Å²) in [5.74, 6) is 1.69. The number of nitrogens with zero attached hydrogens (tertiary/aromatic N) is 1. The fourth-order valence-corrected chi connectivity index (χ4v) is 2.64. The summed E-state index contributed by atoms with van der Waals surface area (Å²) in [6, 6.07) is 2.07. The van der Waals surface area contributed by atoms with Gasteiger partial charge in [0.15, 0.2) is 5.89 Å². The molecular weight excluding hydrogens is 222 g/mol. The van der Waals surface area contributed by atoms with E-state index in [-0.39, 0.29) is 12.5 Å². The Hall–Kier alpha value is -1.13. The molecule has 0 bridgehead atoms. The molecule has 0 aromatic carbocycles.